The minimum Gasteiger partial charge on any atom is -0.392 e. The van der Waals surface area contributed by atoms with Crippen molar-refractivity contribution >= 4 is 23.2 Å². The molecule has 0 aliphatic carbocycles. The number of aliphatic hydroxyl groups is 1. The quantitative estimate of drug-likeness (QED) is 0.854. The summed E-state index contributed by atoms with van der Waals surface area (Å²) in [6.07, 6.45) is -0.346. The van der Waals surface area contributed by atoms with Crippen molar-refractivity contribution in [1.82, 2.24) is 5.32 Å². The molecule has 0 fully saturated rings. The molecule has 0 spiro atoms. The first kappa shape index (κ1) is 13.8. The van der Waals surface area contributed by atoms with Crippen molar-refractivity contribution in [1.29, 1.82) is 0 Å². The van der Waals surface area contributed by atoms with E-state index >= 15 is 0 Å². The van der Waals surface area contributed by atoms with Gasteiger partial charge in [-0.15, -0.1) is 0 Å². The Balaban J connectivity index is 2.49. The summed E-state index contributed by atoms with van der Waals surface area (Å²) in [5, 5.41) is 14.1. The van der Waals surface area contributed by atoms with Crippen LogP contribution in [0.15, 0.2) is 18.2 Å². The molecule has 0 aliphatic rings. The lowest BCUT2D eigenvalue weighted by Gasteiger charge is -2.15. The Kier molecular flexibility index (Phi) is 5.56. The SMILES string of the molecule is CC(C)C(O)CNCc1c(Cl)cccc1Cl. The summed E-state index contributed by atoms with van der Waals surface area (Å²) in [6.45, 7) is 5.07. The fourth-order valence-corrected chi connectivity index (χ4v) is 1.81. The normalized spacial score (nSPS) is 13.1. The molecule has 1 unspecified atom stereocenters. The summed E-state index contributed by atoms with van der Waals surface area (Å²) in [7, 11) is 0. The van der Waals surface area contributed by atoms with E-state index in [0.717, 1.165) is 5.56 Å². The Labute approximate surface area is 107 Å². The number of hydrogen-bond donors (Lipinski definition) is 2. The van der Waals surface area contributed by atoms with E-state index in [1.54, 1.807) is 0 Å². The molecular weight excluding hydrogens is 245 g/mol. The zero-order valence-electron chi connectivity index (χ0n) is 9.50. The number of aliphatic hydroxyl groups excluding tert-OH is 1. The monoisotopic (exact) mass is 261 g/mol. The Morgan fingerprint density at radius 2 is 1.81 bits per heavy atom. The van der Waals surface area contributed by atoms with E-state index in [9.17, 15) is 5.11 Å². The van der Waals surface area contributed by atoms with Gasteiger partial charge in [-0.1, -0.05) is 43.1 Å². The number of benzene rings is 1. The van der Waals surface area contributed by atoms with Gasteiger partial charge < -0.3 is 10.4 Å². The molecular formula is C12H17Cl2NO. The Hall–Kier alpha value is -0.280. The van der Waals surface area contributed by atoms with E-state index in [2.05, 4.69) is 5.32 Å². The lowest BCUT2D eigenvalue weighted by Crippen LogP contribution is -2.30. The Bertz CT molecular complexity index is 322. The zero-order chi connectivity index (χ0) is 12.1. The summed E-state index contributed by atoms with van der Waals surface area (Å²) in [6, 6.07) is 5.43. The average Bonchev–Trinajstić information content (AvgIpc) is 2.22. The third kappa shape index (κ3) is 3.95. The van der Waals surface area contributed by atoms with Crippen molar-refractivity contribution in [3.05, 3.63) is 33.8 Å². The lowest BCUT2D eigenvalue weighted by atomic mass is 10.1. The highest BCUT2D eigenvalue weighted by Gasteiger charge is 2.09. The van der Waals surface area contributed by atoms with Gasteiger partial charge in [0.1, 0.15) is 0 Å². The van der Waals surface area contributed by atoms with Crippen LogP contribution in [0, 0.1) is 5.92 Å². The molecule has 1 atom stereocenters. The van der Waals surface area contributed by atoms with Crippen LogP contribution >= 0.6 is 23.2 Å². The Morgan fingerprint density at radius 1 is 1.25 bits per heavy atom. The van der Waals surface area contributed by atoms with Crippen LogP contribution < -0.4 is 5.32 Å². The second kappa shape index (κ2) is 6.45. The van der Waals surface area contributed by atoms with E-state index in [0.29, 0.717) is 23.1 Å². The van der Waals surface area contributed by atoms with Gasteiger partial charge in [0.05, 0.1) is 6.10 Å². The second-order valence-corrected chi connectivity index (χ2v) is 4.96. The highest BCUT2D eigenvalue weighted by Crippen LogP contribution is 2.23. The van der Waals surface area contributed by atoms with Gasteiger partial charge in [0.2, 0.25) is 0 Å². The van der Waals surface area contributed by atoms with Crippen molar-refractivity contribution in [3.63, 3.8) is 0 Å². The minimum atomic E-state index is -0.346. The van der Waals surface area contributed by atoms with Crippen LogP contribution in [0.1, 0.15) is 19.4 Å². The van der Waals surface area contributed by atoms with Crippen molar-refractivity contribution in [2.24, 2.45) is 5.92 Å². The van der Waals surface area contributed by atoms with Crippen molar-refractivity contribution in [2.45, 2.75) is 26.5 Å². The molecule has 0 bridgehead atoms. The summed E-state index contributed by atoms with van der Waals surface area (Å²) >= 11 is 12.0. The molecule has 16 heavy (non-hydrogen) atoms. The maximum absolute atomic E-state index is 9.61. The molecule has 0 aliphatic heterocycles. The van der Waals surface area contributed by atoms with Crippen LogP contribution in [0.3, 0.4) is 0 Å². The molecule has 1 rings (SSSR count). The topological polar surface area (TPSA) is 32.3 Å². The maximum Gasteiger partial charge on any atom is 0.0687 e. The number of rotatable bonds is 5. The van der Waals surface area contributed by atoms with Gasteiger partial charge in [-0.25, -0.2) is 0 Å². The third-order valence-corrected chi connectivity index (χ3v) is 3.19. The molecule has 0 saturated heterocycles. The van der Waals surface area contributed by atoms with Crippen LogP contribution in [-0.4, -0.2) is 17.8 Å². The van der Waals surface area contributed by atoms with E-state index in [1.165, 1.54) is 0 Å². The number of halogens is 2. The second-order valence-electron chi connectivity index (χ2n) is 4.14. The van der Waals surface area contributed by atoms with Crippen LogP contribution in [0.2, 0.25) is 10.0 Å². The third-order valence-electron chi connectivity index (χ3n) is 2.49. The molecule has 0 aromatic heterocycles. The fourth-order valence-electron chi connectivity index (χ4n) is 1.28. The van der Waals surface area contributed by atoms with Gasteiger partial charge in [0, 0.05) is 28.7 Å². The van der Waals surface area contributed by atoms with Crippen molar-refractivity contribution < 1.29 is 5.11 Å². The molecule has 0 amide bonds. The zero-order valence-corrected chi connectivity index (χ0v) is 11.0. The van der Waals surface area contributed by atoms with Gasteiger partial charge >= 0.3 is 0 Å². The molecule has 0 saturated carbocycles. The molecule has 2 nitrogen and oxygen atoms in total. The molecule has 4 heteroatoms. The molecule has 0 heterocycles. The van der Waals surface area contributed by atoms with Crippen LogP contribution in [0.4, 0.5) is 0 Å². The summed E-state index contributed by atoms with van der Waals surface area (Å²) in [4.78, 5) is 0. The highest BCUT2D eigenvalue weighted by atomic mass is 35.5. The minimum absolute atomic E-state index is 0.245. The molecule has 90 valence electrons. The van der Waals surface area contributed by atoms with Gasteiger partial charge in [-0.05, 0) is 18.1 Å². The maximum atomic E-state index is 9.61. The van der Waals surface area contributed by atoms with Gasteiger partial charge in [-0.3, -0.25) is 0 Å². The average molecular weight is 262 g/mol. The summed E-state index contributed by atoms with van der Waals surface area (Å²) < 4.78 is 0. The molecule has 2 N–H and O–H groups in total. The van der Waals surface area contributed by atoms with E-state index in [-0.39, 0.29) is 12.0 Å². The van der Waals surface area contributed by atoms with Crippen LogP contribution in [0.25, 0.3) is 0 Å². The first-order valence-electron chi connectivity index (χ1n) is 5.34. The fraction of sp³-hybridized carbons (Fsp3) is 0.500. The number of nitrogens with one attached hydrogen (secondary N) is 1. The number of hydrogen-bond acceptors (Lipinski definition) is 2. The van der Waals surface area contributed by atoms with Gasteiger partial charge in [0.15, 0.2) is 0 Å². The van der Waals surface area contributed by atoms with Crippen LogP contribution in [0.5, 0.6) is 0 Å². The predicted octanol–water partition coefficient (Wildman–Crippen LogP) is 3.10. The standard InChI is InChI=1S/C12H17Cl2NO/c1-8(2)12(16)7-15-6-9-10(13)4-3-5-11(9)14/h3-5,8,12,15-16H,6-7H2,1-2H3. The molecule has 0 radical (unpaired) electrons. The van der Waals surface area contributed by atoms with Crippen LogP contribution in [-0.2, 0) is 6.54 Å². The van der Waals surface area contributed by atoms with Crippen molar-refractivity contribution in [2.75, 3.05) is 6.54 Å². The largest absolute Gasteiger partial charge is 0.392 e. The molecule has 1 aromatic carbocycles. The van der Waals surface area contributed by atoms with E-state index in [4.69, 9.17) is 23.2 Å². The Morgan fingerprint density at radius 3 is 2.31 bits per heavy atom. The molecule has 1 aromatic rings. The first-order valence-corrected chi connectivity index (χ1v) is 6.09. The van der Waals surface area contributed by atoms with E-state index < -0.39 is 0 Å². The lowest BCUT2D eigenvalue weighted by molar-refractivity contribution is 0.123. The highest BCUT2D eigenvalue weighted by molar-refractivity contribution is 6.35. The predicted molar refractivity (Wildman–Crippen MR) is 69.0 cm³/mol. The van der Waals surface area contributed by atoms with E-state index in [1.807, 2.05) is 32.0 Å². The smallest absolute Gasteiger partial charge is 0.0687 e. The summed E-state index contributed by atoms with van der Waals surface area (Å²) in [5.41, 5.74) is 0.877. The summed E-state index contributed by atoms with van der Waals surface area (Å²) in [5.74, 6) is 0.245. The van der Waals surface area contributed by atoms with Crippen molar-refractivity contribution in [3.8, 4) is 0 Å². The van der Waals surface area contributed by atoms with Gasteiger partial charge in [-0.2, -0.15) is 0 Å². The van der Waals surface area contributed by atoms with Gasteiger partial charge in [0.25, 0.3) is 0 Å². The first-order chi connectivity index (χ1) is 7.52.